The number of likely N-dealkylation sites (N-methyl/N-ethyl adjacent to an activating group) is 1. The van der Waals surface area contributed by atoms with Gasteiger partial charge < -0.3 is 19.3 Å². The van der Waals surface area contributed by atoms with Gasteiger partial charge in [0.1, 0.15) is 23.9 Å². The molecule has 1 saturated heterocycles. The molecule has 7 heteroatoms. The van der Waals surface area contributed by atoms with Gasteiger partial charge in [-0.2, -0.15) is 0 Å². The number of aromatic nitrogens is 2. The third-order valence-electron chi connectivity index (χ3n) is 4.78. The fourth-order valence-corrected chi connectivity index (χ4v) is 3.24. The van der Waals surface area contributed by atoms with E-state index < -0.39 is 0 Å². The van der Waals surface area contributed by atoms with E-state index in [-0.39, 0.29) is 11.8 Å². The zero-order chi connectivity index (χ0) is 19.1. The van der Waals surface area contributed by atoms with E-state index in [9.17, 15) is 4.79 Å². The van der Waals surface area contributed by atoms with Crippen molar-refractivity contribution >= 4 is 11.7 Å². The molecular formula is C20H26N4O3. The number of benzene rings is 1. The van der Waals surface area contributed by atoms with Crippen molar-refractivity contribution in [3.63, 3.8) is 0 Å². The Morgan fingerprint density at radius 3 is 2.74 bits per heavy atom. The molecule has 1 fully saturated rings. The van der Waals surface area contributed by atoms with Gasteiger partial charge in [-0.05, 0) is 37.1 Å². The van der Waals surface area contributed by atoms with Crippen LogP contribution in [0.25, 0.3) is 0 Å². The van der Waals surface area contributed by atoms with E-state index in [0.717, 1.165) is 36.7 Å². The first-order chi connectivity index (χ1) is 13.2. The second kappa shape index (κ2) is 9.21. The molecular weight excluding hydrogens is 344 g/mol. The number of hydrogen-bond donors (Lipinski definition) is 0. The van der Waals surface area contributed by atoms with Crippen LogP contribution in [0.15, 0.2) is 42.9 Å². The Balaban J connectivity index is 1.47. The van der Waals surface area contributed by atoms with Crippen LogP contribution in [0.4, 0.5) is 5.82 Å². The second-order valence-corrected chi connectivity index (χ2v) is 6.63. The van der Waals surface area contributed by atoms with Crippen molar-refractivity contribution in [1.29, 1.82) is 0 Å². The molecule has 2 heterocycles. The first-order valence-electron chi connectivity index (χ1n) is 9.20. The minimum atomic E-state index is -0.0215. The molecule has 1 atom stereocenters. The monoisotopic (exact) mass is 370 g/mol. The quantitative estimate of drug-likeness (QED) is 0.745. The molecule has 1 aromatic carbocycles. The molecule has 1 aliphatic heterocycles. The number of rotatable bonds is 7. The summed E-state index contributed by atoms with van der Waals surface area (Å²) in [6.45, 7) is 2.59. The zero-order valence-electron chi connectivity index (χ0n) is 15.9. The lowest BCUT2D eigenvalue weighted by Crippen LogP contribution is -2.44. The van der Waals surface area contributed by atoms with Gasteiger partial charge in [-0.3, -0.25) is 9.78 Å². The maximum atomic E-state index is 12.8. The summed E-state index contributed by atoms with van der Waals surface area (Å²) in [7, 11) is 3.47. The topological polar surface area (TPSA) is 67.8 Å². The molecule has 3 rings (SSSR count). The summed E-state index contributed by atoms with van der Waals surface area (Å²) in [5, 5.41) is 0. The number of nitrogens with zero attached hydrogens (tertiary/aromatic N) is 4. The lowest BCUT2D eigenvalue weighted by Gasteiger charge is -2.34. The van der Waals surface area contributed by atoms with E-state index in [2.05, 4.69) is 14.9 Å². The molecule has 0 unspecified atom stereocenters. The van der Waals surface area contributed by atoms with E-state index in [0.29, 0.717) is 19.7 Å². The fourth-order valence-electron chi connectivity index (χ4n) is 3.24. The van der Waals surface area contributed by atoms with Crippen LogP contribution >= 0.6 is 0 Å². The van der Waals surface area contributed by atoms with Gasteiger partial charge in [0.15, 0.2) is 0 Å². The molecule has 27 heavy (non-hydrogen) atoms. The summed E-state index contributed by atoms with van der Waals surface area (Å²) in [5.41, 5.74) is 0. The molecule has 1 aromatic heterocycles. The Bertz CT molecular complexity index is 724. The van der Waals surface area contributed by atoms with Crippen molar-refractivity contribution in [2.24, 2.45) is 5.92 Å². The van der Waals surface area contributed by atoms with Gasteiger partial charge in [0.2, 0.25) is 5.91 Å². The number of methoxy groups -OCH3 is 1. The molecule has 1 aliphatic rings. The highest BCUT2D eigenvalue weighted by Crippen LogP contribution is 2.22. The van der Waals surface area contributed by atoms with Crippen molar-refractivity contribution in [3.8, 4) is 11.5 Å². The second-order valence-electron chi connectivity index (χ2n) is 6.63. The minimum absolute atomic E-state index is 0.0215. The molecule has 0 N–H and O–H groups in total. The van der Waals surface area contributed by atoms with Gasteiger partial charge in [-0.25, -0.2) is 4.98 Å². The van der Waals surface area contributed by atoms with Gasteiger partial charge in [-0.15, -0.1) is 0 Å². The van der Waals surface area contributed by atoms with Crippen LogP contribution in [0.1, 0.15) is 12.8 Å². The Morgan fingerprint density at radius 1 is 1.26 bits per heavy atom. The maximum Gasteiger partial charge on any atom is 0.227 e. The van der Waals surface area contributed by atoms with Crippen molar-refractivity contribution < 1.29 is 14.3 Å². The molecule has 1 amide bonds. The smallest absolute Gasteiger partial charge is 0.227 e. The fraction of sp³-hybridized carbons (Fsp3) is 0.450. The van der Waals surface area contributed by atoms with Crippen LogP contribution in [0, 0.1) is 5.92 Å². The molecule has 2 aromatic rings. The summed E-state index contributed by atoms with van der Waals surface area (Å²) in [6, 6.07) is 7.43. The molecule has 7 nitrogen and oxygen atoms in total. The van der Waals surface area contributed by atoms with E-state index in [1.54, 1.807) is 30.6 Å². The first kappa shape index (κ1) is 18.9. The summed E-state index contributed by atoms with van der Waals surface area (Å²) in [5.74, 6) is 2.52. The number of piperidine rings is 1. The molecule has 0 radical (unpaired) electrons. The summed E-state index contributed by atoms with van der Waals surface area (Å²) in [4.78, 5) is 25.2. The van der Waals surface area contributed by atoms with Crippen molar-refractivity contribution in [1.82, 2.24) is 14.9 Å². The van der Waals surface area contributed by atoms with Crippen LogP contribution in [-0.2, 0) is 4.79 Å². The number of anilines is 1. The average molecular weight is 370 g/mol. The van der Waals surface area contributed by atoms with Crippen LogP contribution in [0.2, 0.25) is 0 Å². The number of carbonyl (C=O) groups is 1. The Morgan fingerprint density at radius 2 is 2.04 bits per heavy atom. The van der Waals surface area contributed by atoms with Crippen LogP contribution < -0.4 is 14.4 Å². The standard InChI is InChI=1S/C20H26N4O3/c1-23(12-13-27-18-7-5-17(26-2)6-8-18)20(25)16-4-3-11-24(15-16)19-14-21-9-10-22-19/h5-10,14,16H,3-4,11-13,15H2,1-2H3/t16-/m0/s1. The van der Waals surface area contributed by atoms with E-state index >= 15 is 0 Å². The van der Waals surface area contributed by atoms with E-state index in [4.69, 9.17) is 9.47 Å². The summed E-state index contributed by atoms with van der Waals surface area (Å²) >= 11 is 0. The third-order valence-corrected chi connectivity index (χ3v) is 4.78. The van der Waals surface area contributed by atoms with Gasteiger partial charge >= 0.3 is 0 Å². The van der Waals surface area contributed by atoms with Crippen LogP contribution in [-0.4, -0.2) is 61.2 Å². The van der Waals surface area contributed by atoms with Gasteiger partial charge in [0, 0.05) is 32.5 Å². The zero-order valence-corrected chi connectivity index (χ0v) is 15.9. The summed E-state index contributed by atoms with van der Waals surface area (Å²) in [6.07, 6.45) is 6.97. The Labute approximate surface area is 159 Å². The third kappa shape index (κ3) is 5.09. The highest BCUT2D eigenvalue weighted by atomic mass is 16.5. The number of hydrogen-bond acceptors (Lipinski definition) is 6. The van der Waals surface area contributed by atoms with E-state index in [1.165, 1.54) is 0 Å². The predicted octanol–water partition coefficient (Wildman–Crippen LogP) is 2.24. The lowest BCUT2D eigenvalue weighted by molar-refractivity contribution is -0.134. The Hall–Kier alpha value is -2.83. The maximum absolute atomic E-state index is 12.8. The highest BCUT2D eigenvalue weighted by Gasteiger charge is 2.28. The molecule has 0 spiro atoms. The largest absolute Gasteiger partial charge is 0.497 e. The van der Waals surface area contributed by atoms with Crippen molar-refractivity contribution in [2.75, 3.05) is 45.3 Å². The van der Waals surface area contributed by atoms with Gasteiger partial charge in [0.05, 0.1) is 25.8 Å². The van der Waals surface area contributed by atoms with Gasteiger partial charge in [0.25, 0.3) is 0 Å². The number of carbonyl (C=O) groups excluding carboxylic acids is 1. The molecule has 0 bridgehead atoms. The van der Waals surface area contributed by atoms with E-state index in [1.807, 2.05) is 31.3 Å². The van der Waals surface area contributed by atoms with Crippen LogP contribution in [0.5, 0.6) is 11.5 Å². The molecule has 0 saturated carbocycles. The number of amides is 1. The lowest BCUT2D eigenvalue weighted by atomic mass is 9.96. The normalized spacial score (nSPS) is 16.7. The van der Waals surface area contributed by atoms with Crippen molar-refractivity contribution in [3.05, 3.63) is 42.9 Å². The molecule has 144 valence electrons. The Kier molecular flexibility index (Phi) is 6.46. The predicted molar refractivity (Wildman–Crippen MR) is 103 cm³/mol. The highest BCUT2D eigenvalue weighted by molar-refractivity contribution is 5.79. The van der Waals surface area contributed by atoms with Crippen molar-refractivity contribution in [2.45, 2.75) is 12.8 Å². The van der Waals surface area contributed by atoms with Gasteiger partial charge in [-0.1, -0.05) is 0 Å². The SMILES string of the molecule is COc1ccc(OCCN(C)C(=O)[C@H]2CCCN(c3cnccn3)C2)cc1. The average Bonchev–Trinajstić information content (AvgIpc) is 2.74. The summed E-state index contributed by atoms with van der Waals surface area (Å²) < 4.78 is 10.9. The minimum Gasteiger partial charge on any atom is -0.497 e. The molecule has 0 aliphatic carbocycles. The first-order valence-corrected chi connectivity index (χ1v) is 9.20. The number of ether oxygens (including phenoxy) is 2. The van der Waals surface area contributed by atoms with Crippen LogP contribution in [0.3, 0.4) is 0 Å².